The Hall–Kier alpha value is -1.52. The van der Waals surface area contributed by atoms with Crippen molar-refractivity contribution in [2.75, 3.05) is 5.32 Å². The maximum atomic E-state index is 12.2. The lowest BCUT2D eigenvalue weighted by molar-refractivity contribution is 0.242. The average Bonchev–Trinajstić information content (AvgIpc) is 3.04. The number of anilines is 1. The quantitative estimate of drug-likeness (QED) is 0.892. The summed E-state index contributed by atoms with van der Waals surface area (Å²) in [6.07, 6.45) is 6.96. The molecule has 5 nitrogen and oxygen atoms in total. The molecule has 0 aliphatic heterocycles. The normalized spacial score (nSPS) is 28.1. The molecule has 2 aliphatic rings. The van der Waals surface area contributed by atoms with Crippen molar-refractivity contribution in [3.63, 3.8) is 0 Å². The zero-order chi connectivity index (χ0) is 14.3. The Morgan fingerprint density at radius 1 is 1.40 bits per heavy atom. The van der Waals surface area contributed by atoms with E-state index in [9.17, 15) is 4.79 Å². The Balaban J connectivity index is 1.61. The molecule has 3 atom stereocenters. The minimum atomic E-state index is -0.0857. The van der Waals surface area contributed by atoms with Crippen molar-refractivity contribution in [1.29, 1.82) is 0 Å². The number of nitrogens with one attached hydrogen (secondary N) is 2. The summed E-state index contributed by atoms with van der Waals surface area (Å²) in [4.78, 5) is 12.2. The summed E-state index contributed by atoms with van der Waals surface area (Å²) in [5.41, 5.74) is 1.76. The lowest BCUT2D eigenvalue weighted by Gasteiger charge is -2.23. The van der Waals surface area contributed by atoms with E-state index in [1.54, 1.807) is 4.68 Å². The van der Waals surface area contributed by atoms with E-state index in [-0.39, 0.29) is 6.03 Å². The van der Waals surface area contributed by atoms with Crippen molar-refractivity contribution in [2.24, 2.45) is 18.9 Å². The van der Waals surface area contributed by atoms with Crippen LogP contribution in [0.25, 0.3) is 0 Å². The molecule has 0 aromatic carbocycles. The Labute approximate surface area is 120 Å². The van der Waals surface area contributed by atoms with Crippen LogP contribution >= 0.6 is 0 Å². The van der Waals surface area contributed by atoms with Gasteiger partial charge < -0.3 is 10.6 Å². The molecule has 20 heavy (non-hydrogen) atoms. The molecular formula is C15H24N4O. The van der Waals surface area contributed by atoms with Crippen LogP contribution in [0.15, 0.2) is 6.20 Å². The molecule has 2 aliphatic carbocycles. The predicted molar refractivity (Wildman–Crippen MR) is 78.7 cm³/mol. The van der Waals surface area contributed by atoms with Crippen molar-refractivity contribution >= 4 is 11.7 Å². The standard InChI is InChI=1S/C15H24N4O/c1-9(2)14-13(8-19(3)18-14)17-15(20)16-12-7-10-4-5-11(12)6-10/h8-12H,4-7H2,1-3H3,(H2,16,17,20). The highest BCUT2D eigenvalue weighted by Gasteiger charge is 2.40. The van der Waals surface area contributed by atoms with Crippen LogP contribution in [-0.4, -0.2) is 21.9 Å². The van der Waals surface area contributed by atoms with Crippen LogP contribution in [0.1, 0.15) is 51.1 Å². The second-order valence-corrected chi connectivity index (χ2v) is 6.64. The van der Waals surface area contributed by atoms with Gasteiger partial charge in [0, 0.05) is 19.3 Å². The number of carbonyl (C=O) groups is 1. The van der Waals surface area contributed by atoms with Crippen LogP contribution in [0.3, 0.4) is 0 Å². The topological polar surface area (TPSA) is 59.0 Å². The lowest BCUT2D eigenvalue weighted by Crippen LogP contribution is -2.41. The first-order valence-electron chi connectivity index (χ1n) is 7.64. The van der Waals surface area contributed by atoms with E-state index in [4.69, 9.17) is 0 Å². The Bertz CT molecular complexity index is 508. The van der Waals surface area contributed by atoms with E-state index in [1.807, 2.05) is 13.2 Å². The van der Waals surface area contributed by atoms with Gasteiger partial charge in [-0.15, -0.1) is 0 Å². The minimum absolute atomic E-state index is 0.0857. The van der Waals surface area contributed by atoms with Crippen molar-refractivity contribution in [3.05, 3.63) is 11.9 Å². The van der Waals surface area contributed by atoms with Crippen LogP contribution in [0.4, 0.5) is 10.5 Å². The molecule has 0 saturated heterocycles. The number of nitrogens with zero attached hydrogens (tertiary/aromatic N) is 2. The molecule has 3 rings (SSSR count). The van der Waals surface area contributed by atoms with E-state index < -0.39 is 0 Å². The Kier molecular flexibility index (Phi) is 3.44. The number of carbonyl (C=O) groups excluding carboxylic acids is 1. The fourth-order valence-corrected chi connectivity index (χ4v) is 3.78. The summed E-state index contributed by atoms with van der Waals surface area (Å²) >= 11 is 0. The zero-order valence-corrected chi connectivity index (χ0v) is 12.5. The molecule has 1 aromatic rings. The van der Waals surface area contributed by atoms with Gasteiger partial charge >= 0.3 is 6.03 Å². The summed E-state index contributed by atoms with van der Waals surface area (Å²) in [7, 11) is 1.88. The first-order chi connectivity index (χ1) is 9.52. The molecule has 1 aromatic heterocycles. The lowest BCUT2D eigenvalue weighted by atomic mass is 9.95. The highest BCUT2D eigenvalue weighted by atomic mass is 16.2. The molecule has 0 spiro atoms. The van der Waals surface area contributed by atoms with Gasteiger partial charge in [0.25, 0.3) is 0 Å². The first kappa shape index (κ1) is 13.5. The highest BCUT2D eigenvalue weighted by Crippen LogP contribution is 2.44. The van der Waals surface area contributed by atoms with Crippen molar-refractivity contribution in [2.45, 2.75) is 51.5 Å². The summed E-state index contributed by atoms with van der Waals surface area (Å²) in [5, 5.41) is 10.5. The van der Waals surface area contributed by atoms with Gasteiger partial charge in [0.2, 0.25) is 0 Å². The largest absolute Gasteiger partial charge is 0.335 e. The van der Waals surface area contributed by atoms with Gasteiger partial charge in [0.05, 0.1) is 11.4 Å². The number of hydrogen-bond acceptors (Lipinski definition) is 2. The molecule has 0 radical (unpaired) electrons. The molecule has 2 saturated carbocycles. The van der Waals surface area contributed by atoms with Crippen LogP contribution in [0, 0.1) is 11.8 Å². The summed E-state index contributed by atoms with van der Waals surface area (Å²) < 4.78 is 1.75. The van der Waals surface area contributed by atoms with Crippen LogP contribution in [0.2, 0.25) is 0 Å². The van der Waals surface area contributed by atoms with Crippen LogP contribution in [0.5, 0.6) is 0 Å². The molecule has 110 valence electrons. The molecule has 2 bridgehead atoms. The van der Waals surface area contributed by atoms with Gasteiger partial charge in [-0.3, -0.25) is 4.68 Å². The maximum absolute atomic E-state index is 12.2. The third-order valence-electron chi connectivity index (χ3n) is 4.71. The number of aryl methyl sites for hydroxylation is 1. The maximum Gasteiger partial charge on any atom is 0.319 e. The smallest absolute Gasteiger partial charge is 0.319 e. The van der Waals surface area contributed by atoms with E-state index in [2.05, 4.69) is 29.6 Å². The summed E-state index contributed by atoms with van der Waals surface area (Å²) in [6, 6.07) is 0.283. The molecule has 5 heteroatoms. The van der Waals surface area contributed by atoms with Crippen LogP contribution in [-0.2, 0) is 7.05 Å². The SMILES string of the molecule is CC(C)c1nn(C)cc1NC(=O)NC1CC2CCC1C2. The minimum Gasteiger partial charge on any atom is -0.335 e. The van der Waals surface area contributed by atoms with Gasteiger partial charge in [-0.05, 0) is 37.0 Å². The predicted octanol–water partition coefficient (Wildman–Crippen LogP) is 2.85. The van der Waals surface area contributed by atoms with Crippen LogP contribution < -0.4 is 10.6 Å². The molecule has 2 fully saturated rings. The molecule has 2 N–H and O–H groups in total. The second kappa shape index (κ2) is 5.11. The third kappa shape index (κ3) is 2.53. The van der Waals surface area contributed by atoms with E-state index >= 15 is 0 Å². The number of fused-ring (bicyclic) bond motifs is 2. The monoisotopic (exact) mass is 276 g/mol. The van der Waals surface area contributed by atoms with Crippen molar-refractivity contribution < 1.29 is 4.79 Å². The molecule has 3 unspecified atom stereocenters. The summed E-state index contributed by atoms with van der Waals surface area (Å²) in [6.45, 7) is 4.17. The first-order valence-corrected chi connectivity index (χ1v) is 7.64. The molecule has 1 heterocycles. The third-order valence-corrected chi connectivity index (χ3v) is 4.71. The Morgan fingerprint density at radius 3 is 2.80 bits per heavy atom. The number of rotatable bonds is 3. The highest BCUT2D eigenvalue weighted by molar-refractivity contribution is 5.90. The van der Waals surface area contributed by atoms with Gasteiger partial charge in [-0.1, -0.05) is 20.3 Å². The summed E-state index contributed by atoms with van der Waals surface area (Å²) in [5.74, 6) is 1.84. The fraction of sp³-hybridized carbons (Fsp3) is 0.733. The van der Waals surface area contributed by atoms with Crippen molar-refractivity contribution in [3.8, 4) is 0 Å². The number of hydrogen-bond donors (Lipinski definition) is 2. The number of amides is 2. The molecular weight excluding hydrogens is 252 g/mol. The van der Waals surface area contributed by atoms with Gasteiger partial charge in [0.1, 0.15) is 0 Å². The van der Waals surface area contributed by atoms with Gasteiger partial charge in [-0.25, -0.2) is 4.79 Å². The molecule has 2 amide bonds. The number of aromatic nitrogens is 2. The zero-order valence-electron chi connectivity index (χ0n) is 12.5. The number of urea groups is 1. The van der Waals surface area contributed by atoms with Crippen molar-refractivity contribution in [1.82, 2.24) is 15.1 Å². The van der Waals surface area contributed by atoms with E-state index in [0.29, 0.717) is 17.9 Å². The van der Waals surface area contributed by atoms with E-state index in [0.717, 1.165) is 23.7 Å². The van der Waals surface area contributed by atoms with Gasteiger partial charge in [0.15, 0.2) is 0 Å². The average molecular weight is 276 g/mol. The fourth-order valence-electron chi connectivity index (χ4n) is 3.78. The van der Waals surface area contributed by atoms with Gasteiger partial charge in [-0.2, -0.15) is 5.10 Å². The second-order valence-electron chi connectivity index (χ2n) is 6.64. The van der Waals surface area contributed by atoms with E-state index in [1.165, 1.54) is 19.3 Å². The Morgan fingerprint density at radius 2 is 2.20 bits per heavy atom.